The van der Waals surface area contributed by atoms with E-state index in [1.807, 2.05) is 29.2 Å². The number of amides is 2. The number of likely N-dealkylation sites (N-methyl/N-ethyl adjacent to an activating group) is 1. The van der Waals surface area contributed by atoms with Gasteiger partial charge in [-0.25, -0.2) is 0 Å². The molecule has 0 aliphatic carbocycles. The monoisotopic (exact) mass is 445 g/mol. The topological polar surface area (TPSA) is 96.5 Å². The maximum atomic E-state index is 12.9. The number of piperidine rings is 1. The molecule has 2 amide bonds. The largest absolute Gasteiger partial charge is 0.456 e. The Labute approximate surface area is 193 Å². The third-order valence-corrected chi connectivity index (χ3v) is 5.76. The third kappa shape index (κ3) is 5.35. The summed E-state index contributed by atoms with van der Waals surface area (Å²) >= 11 is 0. The first-order valence-corrected chi connectivity index (χ1v) is 10.9. The molecule has 0 bridgehead atoms. The van der Waals surface area contributed by atoms with Crippen molar-refractivity contribution in [3.8, 4) is 11.5 Å². The van der Waals surface area contributed by atoms with Crippen molar-refractivity contribution in [1.29, 1.82) is 0 Å². The second kappa shape index (κ2) is 10.2. The van der Waals surface area contributed by atoms with Crippen LogP contribution in [0.5, 0.6) is 11.5 Å². The van der Waals surface area contributed by atoms with Crippen LogP contribution in [-0.2, 0) is 15.0 Å². The van der Waals surface area contributed by atoms with Crippen LogP contribution in [0.2, 0.25) is 0 Å². The van der Waals surface area contributed by atoms with Gasteiger partial charge in [-0.15, -0.1) is 0 Å². The van der Waals surface area contributed by atoms with E-state index in [2.05, 4.69) is 20.6 Å². The van der Waals surface area contributed by atoms with Gasteiger partial charge >= 0.3 is 0 Å². The zero-order valence-electron chi connectivity index (χ0n) is 18.5. The Morgan fingerprint density at radius 1 is 1.06 bits per heavy atom. The molecule has 170 valence electrons. The molecule has 0 spiro atoms. The fourth-order valence-electron chi connectivity index (χ4n) is 4.23. The van der Waals surface area contributed by atoms with Crippen LogP contribution in [0.25, 0.3) is 0 Å². The SMILES string of the molecule is CNC(=O)[C@@]1(c2ccccn2)CCCN(CC(=O)Nc2ccc(Oc3cccnc3)cc2)C1. The summed E-state index contributed by atoms with van der Waals surface area (Å²) < 4.78 is 5.73. The van der Waals surface area contributed by atoms with E-state index in [0.717, 1.165) is 18.7 Å². The Morgan fingerprint density at radius 2 is 1.91 bits per heavy atom. The smallest absolute Gasteiger partial charge is 0.238 e. The van der Waals surface area contributed by atoms with Crippen LogP contribution < -0.4 is 15.4 Å². The zero-order chi connectivity index (χ0) is 23.1. The lowest BCUT2D eigenvalue weighted by Crippen LogP contribution is -2.55. The van der Waals surface area contributed by atoms with E-state index in [9.17, 15) is 9.59 Å². The number of carbonyl (C=O) groups excluding carboxylic acids is 2. The summed E-state index contributed by atoms with van der Waals surface area (Å²) in [5, 5.41) is 5.71. The van der Waals surface area contributed by atoms with Crippen molar-refractivity contribution in [3.05, 3.63) is 78.9 Å². The Kier molecular flexibility index (Phi) is 6.95. The summed E-state index contributed by atoms with van der Waals surface area (Å²) in [6.45, 7) is 1.38. The van der Waals surface area contributed by atoms with E-state index in [1.165, 1.54) is 0 Å². The molecule has 8 heteroatoms. The standard InChI is InChI=1S/C25H27N5O3/c1-26-24(32)25(22-7-2-3-14-28-22)12-5-15-30(18-25)17-23(31)29-19-8-10-20(11-9-19)33-21-6-4-13-27-16-21/h2-4,6-11,13-14,16H,5,12,15,17-18H2,1H3,(H,26,32)(H,29,31)/t25-/m0/s1. The molecule has 2 N–H and O–H groups in total. The predicted molar refractivity (Wildman–Crippen MR) is 125 cm³/mol. The molecule has 3 aromatic rings. The molecule has 1 aliphatic heterocycles. The number of ether oxygens (including phenoxy) is 1. The van der Waals surface area contributed by atoms with E-state index in [1.54, 1.807) is 56.0 Å². The number of nitrogens with zero attached hydrogens (tertiary/aromatic N) is 3. The van der Waals surface area contributed by atoms with Gasteiger partial charge in [-0.05, 0) is 67.9 Å². The van der Waals surface area contributed by atoms with Crippen LogP contribution in [0.4, 0.5) is 5.69 Å². The minimum absolute atomic E-state index is 0.0736. The first-order chi connectivity index (χ1) is 16.1. The van der Waals surface area contributed by atoms with E-state index < -0.39 is 5.41 Å². The normalized spacial score (nSPS) is 18.3. The molecule has 33 heavy (non-hydrogen) atoms. The number of nitrogens with one attached hydrogen (secondary N) is 2. The Bertz CT molecular complexity index is 1080. The van der Waals surface area contributed by atoms with Crippen LogP contribution in [0.15, 0.2) is 73.2 Å². The summed E-state index contributed by atoms with van der Waals surface area (Å²) in [6, 6.07) is 16.4. The molecule has 4 rings (SSSR count). The molecule has 3 heterocycles. The highest BCUT2D eigenvalue weighted by molar-refractivity contribution is 5.92. The van der Waals surface area contributed by atoms with Crippen molar-refractivity contribution < 1.29 is 14.3 Å². The Hall–Kier alpha value is -3.78. The van der Waals surface area contributed by atoms with Gasteiger partial charge in [0.1, 0.15) is 16.9 Å². The summed E-state index contributed by atoms with van der Waals surface area (Å²) in [4.78, 5) is 36.1. The van der Waals surface area contributed by atoms with E-state index in [-0.39, 0.29) is 18.4 Å². The average Bonchev–Trinajstić information content (AvgIpc) is 2.86. The molecule has 1 fully saturated rings. The number of anilines is 1. The van der Waals surface area contributed by atoms with Crippen molar-refractivity contribution in [2.24, 2.45) is 0 Å². The molecule has 1 aliphatic rings. The van der Waals surface area contributed by atoms with Gasteiger partial charge in [-0.2, -0.15) is 0 Å². The lowest BCUT2D eigenvalue weighted by Gasteiger charge is -2.40. The molecule has 0 unspecified atom stereocenters. The molecule has 1 aromatic carbocycles. The maximum Gasteiger partial charge on any atom is 0.238 e. The van der Waals surface area contributed by atoms with Crippen LogP contribution in [0.1, 0.15) is 18.5 Å². The number of rotatable bonds is 7. The summed E-state index contributed by atoms with van der Waals surface area (Å²) in [7, 11) is 1.64. The second-order valence-corrected chi connectivity index (χ2v) is 8.05. The number of carbonyl (C=O) groups is 2. The van der Waals surface area contributed by atoms with E-state index in [4.69, 9.17) is 4.74 Å². The highest BCUT2D eigenvalue weighted by Gasteiger charge is 2.44. The first-order valence-electron chi connectivity index (χ1n) is 10.9. The van der Waals surface area contributed by atoms with Crippen molar-refractivity contribution >= 4 is 17.5 Å². The minimum Gasteiger partial charge on any atom is -0.456 e. The fourth-order valence-corrected chi connectivity index (χ4v) is 4.23. The fraction of sp³-hybridized carbons (Fsp3) is 0.280. The number of likely N-dealkylation sites (tertiary alicyclic amines) is 1. The van der Waals surface area contributed by atoms with Crippen LogP contribution >= 0.6 is 0 Å². The molecule has 1 atom stereocenters. The van der Waals surface area contributed by atoms with Crippen LogP contribution in [0.3, 0.4) is 0 Å². The van der Waals surface area contributed by atoms with Gasteiger partial charge in [-0.1, -0.05) is 6.07 Å². The van der Waals surface area contributed by atoms with Crippen LogP contribution in [0, 0.1) is 0 Å². The summed E-state index contributed by atoms with van der Waals surface area (Å²) in [5.41, 5.74) is 0.649. The van der Waals surface area contributed by atoms with Gasteiger partial charge in [0.15, 0.2) is 0 Å². The Morgan fingerprint density at radius 3 is 2.61 bits per heavy atom. The molecule has 0 radical (unpaired) electrons. The number of hydrogen-bond donors (Lipinski definition) is 2. The van der Waals surface area contributed by atoms with Crippen molar-refractivity contribution in [3.63, 3.8) is 0 Å². The lowest BCUT2D eigenvalue weighted by atomic mass is 9.75. The minimum atomic E-state index is -0.764. The maximum absolute atomic E-state index is 12.9. The summed E-state index contributed by atoms with van der Waals surface area (Å²) in [5.74, 6) is 1.09. The number of benzene rings is 1. The van der Waals surface area contributed by atoms with Crippen LogP contribution in [-0.4, -0.2) is 53.4 Å². The van der Waals surface area contributed by atoms with Gasteiger partial charge in [-0.3, -0.25) is 24.5 Å². The molecular weight excluding hydrogens is 418 g/mol. The quantitative estimate of drug-likeness (QED) is 0.580. The zero-order valence-corrected chi connectivity index (χ0v) is 18.5. The van der Waals surface area contributed by atoms with Crippen molar-refractivity contribution in [2.45, 2.75) is 18.3 Å². The van der Waals surface area contributed by atoms with Gasteiger partial charge in [0.2, 0.25) is 11.8 Å². The number of hydrogen-bond acceptors (Lipinski definition) is 6. The van der Waals surface area contributed by atoms with Crippen molar-refractivity contribution in [1.82, 2.24) is 20.2 Å². The molecular formula is C25H27N5O3. The Balaban J connectivity index is 1.38. The van der Waals surface area contributed by atoms with E-state index in [0.29, 0.717) is 30.2 Å². The predicted octanol–water partition coefficient (Wildman–Crippen LogP) is 2.99. The second-order valence-electron chi connectivity index (χ2n) is 8.05. The van der Waals surface area contributed by atoms with Crippen molar-refractivity contribution in [2.75, 3.05) is 32.0 Å². The number of aromatic nitrogens is 2. The third-order valence-electron chi connectivity index (χ3n) is 5.76. The van der Waals surface area contributed by atoms with E-state index >= 15 is 0 Å². The lowest BCUT2D eigenvalue weighted by molar-refractivity contribution is -0.130. The molecule has 2 aromatic heterocycles. The average molecular weight is 446 g/mol. The van der Waals surface area contributed by atoms with Gasteiger partial charge in [0.05, 0.1) is 18.4 Å². The number of pyridine rings is 2. The highest BCUT2D eigenvalue weighted by atomic mass is 16.5. The summed E-state index contributed by atoms with van der Waals surface area (Å²) in [6.07, 6.45) is 6.52. The molecule has 1 saturated heterocycles. The van der Waals surface area contributed by atoms with Gasteiger partial charge in [0, 0.05) is 31.7 Å². The molecule has 0 saturated carbocycles. The van der Waals surface area contributed by atoms with Gasteiger partial charge < -0.3 is 15.4 Å². The highest BCUT2D eigenvalue weighted by Crippen LogP contribution is 2.33. The molecule has 8 nitrogen and oxygen atoms in total. The first kappa shape index (κ1) is 22.4. The van der Waals surface area contributed by atoms with Gasteiger partial charge in [0.25, 0.3) is 0 Å².